The predicted molar refractivity (Wildman–Crippen MR) is 45.4 cm³/mol. The Morgan fingerprint density at radius 3 is 3.08 bits per heavy atom. The van der Waals surface area contributed by atoms with Crippen LogP contribution in [0.4, 0.5) is 0 Å². The SMILES string of the molecule is CCON=C(C)Cn1nn[nH]c1=O. The minimum atomic E-state index is -0.356. The number of aromatic nitrogens is 4. The van der Waals surface area contributed by atoms with Crippen LogP contribution < -0.4 is 5.69 Å². The van der Waals surface area contributed by atoms with E-state index < -0.39 is 0 Å². The van der Waals surface area contributed by atoms with E-state index in [9.17, 15) is 4.79 Å². The van der Waals surface area contributed by atoms with Gasteiger partial charge in [0, 0.05) is 0 Å². The molecule has 72 valence electrons. The molecular weight excluding hydrogens is 174 g/mol. The number of oxime groups is 1. The first-order valence-electron chi connectivity index (χ1n) is 3.87. The van der Waals surface area contributed by atoms with E-state index >= 15 is 0 Å². The summed E-state index contributed by atoms with van der Waals surface area (Å²) in [6, 6.07) is 0. The van der Waals surface area contributed by atoms with Crippen molar-refractivity contribution in [3.63, 3.8) is 0 Å². The fourth-order valence-corrected chi connectivity index (χ4v) is 0.741. The van der Waals surface area contributed by atoms with Gasteiger partial charge >= 0.3 is 5.69 Å². The summed E-state index contributed by atoms with van der Waals surface area (Å²) in [4.78, 5) is 15.7. The lowest BCUT2D eigenvalue weighted by Gasteiger charge is -1.97. The zero-order chi connectivity index (χ0) is 9.68. The largest absolute Gasteiger partial charge is 0.396 e. The lowest BCUT2D eigenvalue weighted by molar-refractivity contribution is 0.157. The Hall–Kier alpha value is -1.66. The number of hydrogen-bond acceptors (Lipinski definition) is 5. The van der Waals surface area contributed by atoms with Crippen LogP contribution >= 0.6 is 0 Å². The third-order valence-electron chi connectivity index (χ3n) is 1.26. The average Bonchev–Trinajstić information content (AvgIpc) is 2.48. The van der Waals surface area contributed by atoms with E-state index in [-0.39, 0.29) is 12.2 Å². The van der Waals surface area contributed by atoms with Crippen LogP contribution in [-0.4, -0.2) is 32.5 Å². The minimum absolute atomic E-state index is 0.287. The van der Waals surface area contributed by atoms with Crippen molar-refractivity contribution < 1.29 is 4.84 Å². The van der Waals surface area contributed by atoms with E-state index in [1.165, 1.54) is 0 Å². The van der Waals surface area contributed by atoms with Crippen LogP contribution in [0, 0.1) is 0 Å². The van der Waals surface area contributed by atoms with Gasteiger partial charge in [-0.3, -0.25) is 0 Å². The molecule has 1 heterocycles. The molecule has 0 saturated heterocycles. The van der Waals surface area contributed by atoms with Gasteiger partial charge in [-0.15, -0.1) is 0 Å². The average molecular weight is 185 g/mol. The molecule has 1 aromatic heterocycles. The Labute approximate surface area is 74.4 Å². The first-order valence-corrected chi connectivity index (χ1v) is 3.87. The highest BCUT2D eigenvalue weighted by atomic mass is 16.6. The summed E-state index contributed by atoms with van der Waals surface area (Å²) in [5, 5.41) is 12.8. The summed E-state index contributed by atoms with van der Waals surface area (Å²) in [6.45, 7) is 4.37. The van der Waals surface area contributed by atoms with Crippen molar-refractivity contribution in [2.45, 2.75) is 20.4 Å². The maximum absolute atomic E-state index is 10.9. The molecule has 0 spiro atoms. The maximum atomic E-state index is 10.9. The van der Waals surface area contributed by atoms with Crippen LogP contribution in [-0.2, 0) is 11.4 Å². The zero-order valence-electron chi connectivity index (χ0n) is 7.52. The Balaban J connectivity index is 2.59. The van der Waals surface area contributed by atoms with Crippen molar-refractivity contribution in [2.24, 2.45) is 5.16 Å². The molecule has 7 heteroatoms. The molecule has 0 unspecified atom stereocenters. The molecular formula is C6H11N5O2. The van der Waals surface area contributed by atoms with Crippen molar-refractivity contribution in [3.05, 3.63) is 10.5 Å². The third-order valence-corrected chi connectivity index (χ3v) is 1.26. The van der Waals surface area contributed by atoms with E-state index in [0.717, 1.165) is 4.68 Å². The second-order valence-electron chi connectivity index (χ2n) is 2.41. The highest BCUT2D eigenvalue weighted by molar-refractivity contribution is 5.80. The number of aromatic amines is 1. The Bertz CT molecular complexity index is 339. The van der Waals surface area contributed by atoms with Crippen molar-refractivity contribution in [1.82, 2.24) is 20.2 Å². The van der Waals surface area contributed by atoms with Crippen LogP contribution in [0.15, 0.2) is 9.95 Å². The van der Waals surface area contributed by atoms with Crippen LogP contribution in [0.1, 0.15) is 13.8 Å². The van der Waals surface area contributed by atoms with Gasteiger partial charge in [0.1, 0.15) is 6.61 Å². The number of tetrazole rings is 1. The lowest BCUT2D eigenvalue weighted by atomic mass is 10.4. The van der Waals surface area contributed by atoms with E-state index in [4.69, 9.17) is 4.84 Å². The summed E-state index contributed by atoms with van der Waals surface area (Å²) in [5.74, 6) is 0. The van der Waals surface area contributed by atoms with E-state index in [2.05, 4.69) is 20.7 Å². The van der Waals surface area contributed by atoms with E-state index in [0.29, 0.717) is 12.3 Å². The number of nitrogens with one attached hydrogen (secondary N) is 1. The number of hydrogen-bond donors (Lipinski definition) is 1. The van der Waals surface area contributed by atoms with Gasteiger partial charge in [-0.2, -0.15) is 4.68 Å². The molecule has 0 aliphatic carbocycles. The first kappa shape index (κ1) is 9.43. The van der Waals surface area contributed by atoms with E-state index in [1.54, 1.807) is 6.92 Å². The standard InChI is InChI=1S/C6H11N5O2/c1-3-13-8-5(2)4-11-6(12)7-9-10-11/h3-4H2,1-2H3,(H,7,10,12). The molecule has 1 rings (SSSR count). The second kappa shape index (κ2) is 4.39. The summed E-state index contributed by atoms with van der Waals surface area (Å²) in [6.07, 6.45) is 0. The molecule has 1 N–H and O–H groups in total. The van der Waals surface area contributed by atoms with Gasteiger partial charge in [0.15, 0.2) is 0 Å². The Morgan fingerprint density at radius 1 is 1.77 bits per heavy atom. The number of nitrogens with zero attached hydrogens (tertiary/aromatic N) is 4. The highest BCUT2D eigenvalue weighted by Gasteiger charge is 2.00. The second-order valence-corrected chi connectivity index (χ2v) is 2.41. The summed E-state index contributed by atoms with van der Waals surface area (Å²) in [7, 11) is 0. The molecule has 13 heavy (non-hydrogen) atoms. The van der Waals surface area contributed by atoms with Crippen LogP contribution in [0.3, 0.4) is 0 Å². The lowest BCUT2D eigenvalue weighted by Crippen LogP contribution is -2.21. The summed E-state index contributed by atoms with van der Waals surface area (Å²) < 4.78 is 1.16. The summed E-state index contributed by atoms with van der Waals surface area (Å²) >= 11 is 0. The normalized spacial score (nSPS) is 11.7. The van der Waals surface area contributed by atoms with Crippen LogP contribution in [0.5, 0.6) is 0 Å². The molecule has 0 aliphatic heterocycles. The topological polar surface area (TPSA) is 85.2 Å². The van der Waals surface area contributed by atoms with Gasteiger partial charge in [-0.05, 0) is 24.3 Å². The van der Waals surface area contributed by atoms with Gasteiger partial charge in [-0.1, -0.05) is 5.16 Å². The number of H-pyrrole nitrogens is 1. The fourth-order valence-electron chi connectivity index (χ4n) is 0.741. The van der Waals surface area contributed by atoms with Gasteiger partial charge in [0.25, 0.3) is 0 Å². The van der Waals surface area contributed by atoms with Gasteiger partial charge in [0.05, 0.1) is 12.3 Å². The summed E-state index contributed by atoms with van der Waals surface area (Å²) in [5.41, 5.74) is 0.309. The highest BCUT2D eigenvalue weighted by Crippen LogP contribution is 1.83. The fraction of sp³-hybridized carbons (Fsp3) is 0.667. The minimum Gasteiger partial charge on any atom is -0.396 e. The number of rotatable bonds is 4. The molecule has 0 aliphatic rings. The zero-order valence-corrected chi connectivity index (χ0v) is 7.52. The maximum Gasteiger partial charge on any atom is 0.361 e. The molecule has 1 aromatic rings. The van der Waals surface area contributed by atoms with Crippen molar-refractivity contribution >= 4 is 5.71 Å². The predicted octanol–water partition coefficient (Wildman–Crippen LogP) is -0.621. The molecule has 0 radical (unpaired) electrons. The Kier molecular flexibility index (Phi) is 3.18. The quantitative estimate of drug-likeness (QED) is 0.500. The molecule has 0 saturated carbocycles. The smallest absolute Gasteiger partial charge is 0.361 e. The van der Waals surface area contributed by atoms with Crippen molar-refractivity contribution in [3.8, 4) is 0 Å². The first-order chi connectivity index (χ1) is 6.24. The molecule has 0 fully saturated rings. The van der Waals surface area contributed by atoms with Gasteiger partial charge < -0.3 is 4.84 Å². The monoisotopic (exact) mass is 185 g/mol. The molecule has 0 atom stereocenters. The van der Waals surface area contributed by atoms with Crippen LogP contribution in [0.2, 0.25) is 0 Å². The third kappa shape index (κ3) is 2.69. The van der Waals surface area contributed by atoms with Gasteiger partial charge in [-0.25, -0.2) is 9.89 Å². The molecule has 0 amide bonds. The van der Waals surface area contributed by atoms with Crippen molar-refractivity contribution in [2.75, 3.05) is 6.61 Å². The molecule has 7 nitrogen and oxygen atoms in total. The molecule has 0 aromatic carbocycles. The van der Waals surface area contributed by atoms with Gasteiger partial charge in [0.2, 0.25) is 0 Å². The van der Waals surface area contributed by atoms with E-state index in [1.807, 2.05) is 6.92 Å². The van der Waals surface area contributed by atoms with Crippen LogP contribution in [0.25, 0.3) is 0 Å². The molecule has 0 bridgehead atoms. The van der Waals surface area contributed by atoms with Crippen molar-refractivity contribution in [1.29, 1.82) is 0 Å². The Morgan fingerprint density at radius 2 is 2.54 bits per heavy atom.